The smallest absolute Gasteiger partial charge is 0.416 e. The van der Waals surface area contributed by atoms with Gasteiger partial charge in [0.25, 0.3) is 0 Å². The molecule has 0 fully saturated rings. The van der Waals surface area contributed by atoms with E-state index >= 15 is 0 Å². The molecule has 148 valence electrons. The molecule has 28 heavy (non-hydrogen) atoms. The first kappa shape index (κ1) is 20.1. The van der Waals surface area contributed by atoms with E-state index in [9.17, 15) is 18.0 Å². The van der Waals surface area contributed by atoms with Crippen LogP contribution in [0.2, 0.25) is 5.02 Å². The molecule has 0 radical (unpaired) electrons. The maximum Gasteiger partial charge on any atom is 0.416 e. The number of fused-ring (bicyclic) bond motifs is 1. The minimum absolute atomic E-state index is 0.0177. The van der Waals surface area contributed by atoms with Crippen LogP contribution >= 0.6 is 11.6 Å². The lowest BCUT2D eigenvalue weighted by Crippen LogP contribution is -2.15. The third kappa shape index (κ3) is 3.94. The molecule has 1 heterocycles. The summed E-state index contributed by atoms with van der Waals surface area (Å²) in [6, 6.07) is 10.3. The van der Waals surface area contributed by atoms with Crippen molar-refractivity contribution < 1.29 is 27.5 Å². The number of carbonyl (C=O) groups is 1. The molecule has 0 aliphatic heterocycles. The first-order valence-corrected chi connectivity index (χ1v) is 8.84. The molecular formula is C20H17ClF3NO3. The van der Waals surface area contributed by atoms with Crippen molar-refractivity contribution in [3.63, 3.8) is 0 Å². The Morgan fingerprint density at radius 3 is 2.54 bits per heavy atom. The molecule has 4 nitrogen and oxygen atoms in total. The third-order valence-corrected chi connectivity index (χ3v) is 4.49. The fraction of sp³-hybridized carbons (Fsp3) is 0.250. The molecule has 8 heteroatoms. The summed E-state index contributed by atoms with van der Waals surface area (Å²) in [4.78, 5) is 17.4. The maximum atomic E-state index is 13.4. The summed E-state index contributed by atoms with van der Waals surface area (Å²) >= 11 is 5.76. The Morgan fingerprint density at radius 1 is 1.14 bits per heavy atom. The van der Waals surface area contributed by atoms with Crippen LogP contribution in [0.4, 0.5) is 13.2 Å². The van der Waals surface area contributed by atoms with E-state index < -0.39 is 17.7 Å². The number of esters is 1. The zero-order chi connectivity index (χ0) is 20.5. The van der Waals surface area contributed by atoms with Crippen molar-refractivity contribution in [1.29, 1.82) is 0 Å². The molecule has 0 spiro atoms. The standard InChI is InChI=1S/C20H17ClF3NO3/c1-3-28-25-16(9-12-4-6-15(21)11-17(12)20(22,23)24)10-14-8-13(19(26)27-2)5-7-18(14)25/h4-8,10-11H,3,9H2,1-2H3. The second kappa shape index (κ2) is 7.75. The first-order chi connectivity index (χ1) is 13.2. The second-order valence-electron chi connectivity index (χ2n) is 6.09. The molecule has 3 aromatic rings. The Labute approximate surface area is 164 Å². The molecule has 0 saturated heterocycles. The number of carbonyl (C=O) groups excluding carboxylic acids is 1. The zero-order valence-electron chi connectivity index (χ0n) is 15.1. The average molecular weight is 412 g/mol. The number of rotatable bonds is 5. The lowest BCUT2D eigenvalue weighted by atomic mass is 10.0. The van der Waals surface area contributed by atoms with Crippen LogP contribution in [0.1, 0.15) is 34.1 Å². The van der Waals surface area contributed by atoms with Gasteiger partial charge < -0.3 is 9.57 Å². The Bertz CT molecular complexity index is 1030. The van der Waals surface area contributed by atoms with Crippen LogP contribution in [0.3, 0.4) is 0 Å². The van der Waals surface area contributed by atoms with E-state index in [0.29, 0.717) is 28.8 Å². The molecular weight excluding hydrogens is 395 g/mol. The van der Waals surface area contributed by atoms with Crippen LogP contribution < -0.4 is 4.84 Å². The van der Waals surface area contributed by atoms with Crippen molar-refractivity contribution in [2.45, 2.75) is 19.5 Å². The molecule has 3 rings (SSSR count). The Morgan fingerprint density at radius 2 is 1.89 bits per heavy atom. The summed E-state index contributed by atoms with van der Waals surface area (Å²) in [6.07, 6.45) is -4.55. The number of nitrogens with zero attached hydrogens (tertiary/aromatic N) is 1. The number of aromatic nitrogens is 1. The normalized spacial score (nSPS) is 11.6. The minimum atomic E-state index is -4.53. The van der Waals surface area contributed by atoms with Gasteiger partial charge in [0.15, 0.2) is 0 Å². The van der Waals surface area contributed by atoms with Gasteiger partial charge in [0, 0.05) is 16.8 Å². The highest BCUT2D eigenvalue weighted by Gasteiger charge is 2.33. The van der Waals surface area contributed by atoms with Gasteiger partial charge in [-0.15, -0.1) is 0 Å². The third-order valence-electron chi connectivity index (χ3n) is 4.26. The van der Waals surface area contributed by atoms with Crippen LogP contribution in [0.25, 0.3) is 10.9 Å². The van der Waals surface area contributed by atoms with Crippen LogP contribution in [-0.2, 0) is 17.3 Å². The van der Waals surface area contributed by atoms with Gasteiger partial charge >= 0.3 is 12.1 Å². The Balaban J connectivity index is 2.10. The van der Waals surface area contributed by atoms with Crippen molar-refractivity contribution in [3.8, 4) is 0 Å². The van der Waals surface area contributed by atoms with Gasteiger partial charge in [-0.1, -0.05) is 17.7 Å². The van der Waals surface area contributed by atoms with E-state index in [0.717, 1.165) is 6.07 Å². The molecule has 2 aromatic carbocycles. The van der Waals surface area contributed by atoms with Crippen molar-refractivity contribution in [3.05, 3.63) is 69.9 Å². The molecule has 0 N–H and O–H groups in total. The van der Waals surface area contributed by atoms with Gasteiger partial charge in [0.1, 0.15) is 6.61 Å². The zero-order valence-corrected chi connectivity index (χ0v) is 15.9. The Kier molecular flexibility index (Phi) is 5.56. The predicted octanol–water partition coefficient (Wildman–Crippen LogP) is 5.14. The Hall–Kier alpha value is -2.67. The molecule has 0 amide bonds. The monoisotopic (exact) mass is 411 g/mol. The lowest BCUT2D eigenvalue weighted by Gasteiger charge is -2.15. The van der Waals surface area contributed by atoms with Crippen molar-refractivity contribution in [2.24, 2.45) is 0 Å². The quantitative estimate of drug-likeness (QED) is 0.546. The minimum Gasteiger partial charge on any atom is -0.465 e. The van der Waals surface area contributed by atoms with E-state index in [2.05, 4.69) is 0 Å². The van der Waals surface area contributed by atoms with E-state index in [4.69, 9.17) is 21.2 Å². The molecule has 0 aliphatic carbocycles. The largest absolute Gasteiger partial charge is 0.465 e. The molecule has 0 unspecified atom stereocenters. The summed E-state index contributed by atoms with van der Waals surface area (Å²) in [6.45, 7) is 2.10. The van der Waals surface area contributed by atoms with E-state index in [1.807, 2.05) is 0 Å². The number of benzene rings is 2. The fourth-order valence-corrected chi connectivity index (χ4v) is 3.23. The molecule has 0 saturated carbocycles. The van der Waals surface area contributed by atoms with Crippen molar-refractivity contribution in [1.82, 2.24) is 4.73 Å². The average Bonchev–Trinajstić information content (AvgIpc) is 2.98. The second-order valence-corrected chi connectivity index (χ2v) is 6.53. The molecule has 0 atom stereocenters. The first-order valence-electron chi connectivity index (χ1n) is 8.46. The van der Waals surface area contributed by atoms with Gasteiger partial charge in [0.2, 0.25) is 0 Å². The van der Waals surface area contributed by atoms with Crippen LogP contribution in [0.15, 0.2) is 42.5 Å². The molecule has 0 bridgehead atoms. The number of methoxy groups -OCH3 is 1. The van der Waals surface area contributed by atoms with Crippen LogP contribution in [-0.4, -0.2) is 24.4 Å². The van der Waals surface area contributed by atoms with Crippen LogP contribution in [0.5, 0.6) is 0 Å². The van der Waals surface area contributed by atoms with Gasteiger partial charge in [-0.2, -0.15) is 17.9 Å². The van der Waals surface area contributed by atoms with E-state index in [1.165, 1.54) is 24.0 Å². The van der Waals surface area contributed by atoms with Gasteiger partial charge in [0.05, 0.1) is 29.4 Å². The highest BCUT2D eigenvalue weighted by Crippen LogP contribution is 2.35. The number of hydrogen-bond donors (Lipinski definition) is 0. The topological polar surface area (TPSA) is 40.5 Å². The number of hydrogen-bond acceptors (Lipinski definition) is 3. The molecule has 0 aliphatic rings. The SMILES string of the molecule is CCOn1c(Cc2ccc(Cl)cc2C(F)(F)F)cc2cc(C(=O)OC)ccc21. The van der Waals surface area contributed by atoms with E-state index in [1.54, 1.807) is 31.2 Å². The fourth-order valence-electron chi connectivity index (χ4n) is 3.06. The number of alkyl halides is 3. The summed E-state index contributed by atoms with van der Waals surface area (Å²) in [5.41, 5.74) is 0.800. The van der Waals surface area contributed by atoms with Crippen molar-refractivity contribution in [2.75, 3.05) is 13.7 Å². The number of ether oxygens (including phenoxy) is 1. The highest BCUT2D eigenvalue weighted by molar-refractivity contribution is 6.30. The van der Waals surface area contributed by atoms with Gasteiger partial charge in [-0.05, 0) is 48.9 Å². The lowest BCUT2D eigenvalue weighted by molar-refractivity contribution is -0.138. The summed E-state index contributed by atoms with van der Waals surface area (Å²) in [7, 11) is 1.28. The van der Waals surface area contributed by atoms with Gasteiger partial charge in [-0.3, -0.25) is 0 Å². The van der Waals surface area contributed by atoms with E-state index in [-0.39, 0.29) is 17.0 Å². The van der Waals surface area contributed by atoms with Gasteiger partial charge in [-0.25, -0.2) is 4.79 Å². The number of halogens is 4. The van der Waals surface area contributed by atoms with Crippen LogP contribution in [0, 0.1) is 0 Å². The summed E-state index contributed by atoms with van der Waals surface area (Å²) in [5, 5.41) is 0.679. The predicted molar refractivity (Wildman–Crippen MR) is 99.7 cm³/mol. The maximum absolute atomic E-state index is 13.4. The highest BCUT2D eigenvalue weighted by atomic mass is 35.5. The summed E-state index contributed by atoms with van der Waals surface area (Å²) < 4.78 is 46.5. The molecule has 1 aromatic heterocycles. The summed E-state index contributed by atoms with van der Waals surface area (Å²) in [5.74, 6) is -0.496. The van der Waals surface area contributed by atoms with Crippen molar-refractivity contribution >= 4 is 28.5 Å².